The first-order valence-corrected chi connectivity index (χ1v) is 23.8. The maximum absolute atomic E-state index is 14.3. The van der Waals surface area contributed by atoms with Crippen molar-refractivity contribution in [3.05, 3.63) is 24.2 Å². The van der Waals surface area contributed by atoms with Crippen molar-refractivity contribution < 1.29 is 42.6 Å². The first-order valence-electron chi connectivity index (χ1n) is 20.4. The van der Waals surface area contributed by atoms with Crippen LogP contribution in [0.5, 0.6) is 0 Å². The number of carbonyl (C=O) groups excluding carboxylic acids is 4. The number of hydrogen-bond acceptors (Lipinski definition) is 12. The smallest absolute Gasteiger partial charge is 0.408 e. The molecule has 2 aromatic rings. The fourth-order valence-electron chi connectivity index (χ4n) is 7.43. The van der Waals surface area contributed by atoms with E-state index in [1.54, 1.807) is 53.7 Å². The van der Waals surface area contributed by atoms with Crippen LogP contribution in [-0.4, -0.2) is 83.4 Å². The van der Waals surface area contributed by atoms with E-state index in [1.165, 1.54) is 10.8 Å². The van der Waals surface area contributed by atoms with Gasteiger partial charge < -0.3 is 34.0 Å². The number of nitrogens with one attached hydrogen (secondary N) is 2. The topological polar surface area (TPSA) is 192 Å². The second-order valence-electron chi connectivity index (χ2n) is 18.4. The van der Waals surface area contributed by atoms with Crippen LogP contribution in [0.2, 0.25) is 19.6 Å². The predicted molar refractivity (Wildman–Crippen MR) is 215 cm³/mol. The van der Waals surface area contributed by atoms with Gasteiger partial charge in [0.15, 0.2) is 20.2 Å². The van der Waals surface area contributed by atoms with E-state index in [0.29, 0.717) is 18.4 Å². The molecule has 0 radical (unpaired) electrons. The van der Waals surface area contributed by atoms with Gasteiger partial charge in [-0.2, -0.15) is 10.4 Å². The molecule has 1 aliphatic carbocycles. The van der Waals surface area contributed by atoms with Crippen molar-refractivity contribution in [2.45, 2.75) is 168 Å². The molecule has 3 heterocycles. The molecule has 2 aliphatic rings. The molecular weight excluding hydrogens is 749 g/mol. The van der Waals surface area contributed by atoms with Crippen molar-refractivity contribution in [3.63, 3.8) is 0 Å². The lowest BCUT2D eigenvalue weighted by atomic mass is 9.86. The quantitative estimate of drug-likeness (QED) is 0.0845. The molecule has 1 aliphatic heterocycles. The molecule has 0 spiro atoms. The molecule has 0 bridgehead atoms. The van der Waals surface area contributed by atoms with Crippen molar-refractivity contribution in [2.75, 3.05) is 11.9 Å². The Labute approximate surface area is 338 Å². The number of rotatable bonds is 14. The Hall–Kier alpha value is -4.07. The van der Waals surface area contributed by atoms with Gasteiger partial charge in [0.2, 0.25) is 11.5 Å². The van der Waals surface area contributed by atoms with E-state index in [4.69, 9.17) is 23.4 Å². The van der Waals surface area contributed by atoms with Crippen LogP contribution < -0.4 is 10.6 Å². The predicted octanol–water partition coefficient (Wildman–Crippen LogP) is 7.20. The minimum Gasteiger partial charge on any atom is -0.463 e. The van der Waals surface area contributed by atoms with Crippen LogP contribution in [-0.2, 0) is 43.4 Å². The number of nitriles is 1. The van der Waals surface area contributed by atoms with E-state index < -0.39 is 67.3 Å². The fraction of sp³-hybridized carbons (Fsp3) is 0.732. The molecule has 0 unspecified atom stereocenters. The summed E-state index contributed by atoms with van der Waals surface area (Å²) in [7, 11) is -2.60. The van der Waals surface area contributed by atoms with Crippen LogP contribution in [0.1, 0.15) is 119 Å². The van der Waals surface area contributed by atoms with Gasteiger partial charge in [0.1, 0.15) is 48.4 Å². The molecule has 4 rings (SSSR count). The maximum Gasteiger partial charge on any atom is 0.408 e. The van der Waals surface area contributed by atoms with Crippen LogP contribution >= 0.6 is 0 Å². The van der Waals surface area contributed by atoms with E-state index in [9.17, 15) is 24.4 Å². The number of hydrogen-bond donors (Lipinski definition) is 2. The Morgan fingerprint density at radius 2 is 1.68 bits per heavy atom. The van der Waals surface area contributed by atoms with Crippen molar-refractivity contribution >= 4 is 43.6 Å². The summed E-state index contributed by atoms with van der Waals surface area (Å²) in [4.78, 5) is 58.2. The Morgan fingerprint density at radius 1 is 1.04 bits per heavy atom. The van der Waals surface area contributed by atoms with Gasteiger partial charge >= 0.3 is 18.0 Å². The van der Waals surface area contributed by atoms with Gasteiger partial charge in [-0.15, -0.1) is 0 Å². The second-order valence-corrected chi connectivity index (χ2v) is 22.8. The minimum atomic E-state index is -2.60. The first-order chi connectivity index (χ1) is 26.6. The maximum atomic E-state index is 14.3. The summed E-state index contributed by atoms with van der Waals surface area (Å²) in [5, 5.41) is 21.3. The summed E-state index contributed by atoms with van der Waals surface area (Å²) in [5.74, 6) is -1.20. The summed E-state index contributed by atoms with van der Waals surface area (Å²) in [6.07, 6.45) is 4.60. The number of amides is 2. The van der Waals surface area contributed by atoms with E-state index in [1.807, 2.05) is 33.5 Å². The lowest BCUT2D eigenvalue weighted by Crippen LogP contribution is -2.55. The summed E-state index contributed by atoms with van der Waals surface area (Å²) in [6, 6.07) is 4.46. The average Bonchev–Trinajstić information content (AvgIpc) is 3.54. The van der Waals surface area contributed by atoms with Crippen molar-refractivity contribution in [3.8, 4) is 6.07 Å². The van der Waals surface area contributed by atoms with Crippen LogP contribution in [0.15, 0.2) is 18.5 Å². The molecule has 2 fully saturated rings. The Balaban J connectivity index is 1.79. The lowest BCUT2D eigenvalue weighted by Gasteiger charge is -2.35. The summed E-state index contributed by atoms with van der Waals surface area (Å²) in [6.45, 7) is 19.8. The molecule has 316 valence electrons. The van der Waals surface area contributed by atoms with Crippen molar-refractivity contribution in [1.82, 2.24) is 19.9 Å². The van der Waals surface area contributed by atoms with E-state index in [-0.39, 0.29) is 42.3 Å². The van der Waals surface area contributed by atoms with E-state index in [0.717, 1.165) is 38.5 Å². The van der Waals surface area contributed by atoms with Crippen molar-refractivity contribution in [1.29, 1.82) is 5.26 Å². The molecule has 5 atom stereocenters. The molecule has 2 N–H and O–H groups in total. The normalized spacial score (nSPS) is 22.7. The fourth-order valence-corrected chi connectivity index (χ4v) is 8.50. The zero-order valence-corrected chi connectivity index (χ0v) is 36.7. The number of anilines is 1. The zero-order chi connectivity index (χ0) is 42.3. The van der Waals surface area contributed by atoms with Gasteiger partial charge in [-0.05, 0) is 89.6 Å². The highest BCUT2D eigenvalue weighted by Gasteiger charge is 2.62. The van der Waals surface area contributed by atoms with Crippen molar-refractivity contribution in [2.24, 2.45) is 17.3 Å². The molecule has 15 nitrogen and oxygen atoms in total. The third-order valence-corrected chi connectivity index (χ3v) is 11.3. The molecule has 57 heavy (non-hydrogen) atoms. The second kappa shape index (κ2) is 18.7. The molecule has 0 aromatic carbocycles. The van der Waals surface area contributed by atoms with E-state index >= 15 is 0 Å². The largest absolute Gasteiger partial charge is 0.463 e. The Kier molecular flexibility index (Phi) is 14.9. The average molecular weight is 813 g/mol. The summed E-state index contributed by atoms with van der Waals surface area (Å²) < 4.78 is 32.6. The number of carbonyl (C=O) groups is 4. The molecule has 2 aromatic heterocycles. The Morgan fingerprint density at radius 3 is 2.25 bits per heavy atom. The standard InChI is InChI=1S/C41H64N6O9Si/c1-12-27(13-2)36(49)46-35-28-20-21-30(47(28)44-25-43-35)41(24-42)34(56-57(9,10)11)32(29(54-41)23-52-31(48)22-26-18-16-14-15-17-19-26)53-37(50)33(39(3,4)5)45-38(51)55-40(6,7)8/h20-21,25-27,29,32-34H,12-19,22-23H2,1-11H3,(H,45,51)(H,43,44,46,49)/t29-,32-,33+,34-,41+/m1/s1. The number of fused-ring (bicyclic) bond motifs is 1. The van der Waals surface area contributed by atoms with Gasteiger partial charge in [0, 0.05) is 12.3 Å². The van der Waals surface area contributed by atoms with Gasteiger partial charge in [-0.3, -0.25) is 9.59 Å². The minimum absolute atomic E-state index is 0.193. The molecule has 2 amide bonds. The third-order valence-electron chi connectivity index (χ3n) is 10.3. The van der Waals surface area contributed by atoms with Gasteiger partial charge in [-0.1, -0.05) is 60.3 Å². The summed E-state index contributed by atoms with van der Waals surface area (Å²) in [5.41, 5.74) is -3.00. The summed E-state index contributed by atoms with van der Waals surface area (Å²) >= 11 is 0. The third kappa shape index (κ3) is 11.8. The first kappa shape index (κ1) is 45.6. The van der Waals surface area contributed by atoms with Gasteiger partial charge in [0.25, 0.3) is 0 Å². The number of aromatic nitrogens is 3. The van der Waals surface area contributed by atoms with Gasteiger partial charge in [0.05, 0.1) is 5.69 Å². The number of alkyl carbamates (subject to hydrolysis) is 1. The highest BCUT2D eigenvalue weighted by molar-refractivity contribution is 6.69. The molecule has 1 saturated heterocycles. The highest BCUT2D eigenvalue weighted by atomic mass is 28.4. The highest BCUT2D eigenvalue weighted by Crippen LogP contribution is 2.45. The lowest BCUT2D eigenvalue weighted by molar-refractivity contribution is -0.164. The Bertz CT molecular complexity index is 1760. The van der Waals surface area contributed by atoms with Crippen LogP contribution in [0.3, 0.4) is 0 Å². The van der Waals surface area contributed by atoms with Crippen LogP contribution in [0, 0.1) is 28.6 Å². The number of nitrogens with zero attached hydrogens (tertiary/aromatic N) is 4. The van der Waals surface area contributed by atoms with Gasteiger partial charge in [-0.25, -0.2) is 19.1 Å². The van der Waals surface area contributed by atoms with Crippen LogP contribution in [0.25, 0.3) is 5.52 Å². The van der Waals surface area contributed by atoms with E-state index in [2.05, 4.69) is 26.8 Å². The number of esters is 2. The molecular formula is C41H64N6O9Si. The SMILES string of the molecule is CCC(CC)C(=O)Nc1ncnn2c([C@]3(C#N)O[C@H](COC(=O)CC4CCCCCC4)[C@@H](OC(=O)[C@H](NC(=O)OC(C)(C)C)C(C)(C)C)[C@H]3O[Si](C)(C)C)ccc12. The zero-order valence-electron chi connectivity index (χ0n) is 35.7. The molecule has 16 heteroatoms. The number of ether oxygens (including phenoxy) is 4. The molecule has 1 saturated carbocycles. The monoisotopic (exact) mass is 812 g/mol. The van der Waals surface area contributed by atoms with Crippen LogP contribution in [0.4, 0.5) is 10.6 Å².